The molecular weight excluding hydrogens is 264 g/mol. The molecule has 0 bridgehead atoms. The lowest BCUT2D eigenvalue weighted by Gasteiger charge is -2.25. The predicted molar refractivity (Wildman–Crippen MR) is 85.5 cm³/mol. The van der Waals surface area contributed by atoms with Gasteiger partial charge in [-0.1, -0.05) is 31.5 Å². The lowest BCUT2D eigenvalue weighted by Crippen LogP contribution is -2.23. The van der Waals surface area contributed by atoms with Crippen molar-refractivity contribution >= 4 is 23.1 Å². The Hall–Kier alpha value is -2.56. The zero-order chi connectivity index (χ0) is 15.2. The van der Waals surface area contributed by atoms with Gasteiger partial charge in [0.05, 0.1) is 5.69 Å². The average Bonchev–Trinajstić information content (AvgIpc) is 2.50. The quantitative estimate of drug-likeness (QED) is 0.854. The number of nitrogens with zero attached hydrogens (tertiary/aromatic N) is 2. The molecule has 0 aliphatic rings. The number of aromatic nitrogens is 1. The maximum absolute atomic E-state index is 11.3. The Morgan fingerprint density at radius 3 is 2.52 bits per heavy atom. The lowest BCUT2D eigenvalue weighted by atomic mass is 10.2. The Bertz CT molecular complexity index is 613. The molecule has 0 saturated heterocycles. The fourth-order valence-corrected chi connectivity index (χ4v) is 2.09. The monoisotopic (exact) mass is 284 g/mol. The molecule has 0 atom stereocenters. The molecule has 0 saturated carbocycles. The zero-order valence-corrected chi connectivity index (χ0v) is 12.1. The molecule has 4 N–H and O–H groups in total. The first-order valence-corrected chi connectivity index (χ1v) is 7.02. The minimum absolute atomic E-state index is 0.219. The molecule has 5 nitrogen and oxygen atoms in total. The summed E-state index contributed by atoms with van der Waals surface area (Å²) in [6, 6.07) is 13.1. The first-order valence-electron chi connectivity index (χ1n) is 7.02. The summed E-state index contributed by atoms with van der Waals surface area (Å²) in [5, 5.41) is 0. The zero-order valence-electron chi connectivity index (χ0n) is 12.1. The van der Waals surface area contributed by atoms with Crippen molar-refractivity contribution in [3.05, 3.63) is 48.2 Å². The second kappa shape index (κ2) is 6.74. The van der Waals surface area contributed by atoms with Crippen molar-refractivity contribution in [1.29, 1.82) is 0 Å². The van der Waals surface area contributed by atoms with Crippen LogP contribution in [-0.4, -0.2) is 17.4 Å². The number of benzene rings is 1. The van der Waals surface area contributed by atoms with Gasteiger partial charge in [0.15, 0.2) is 5.82 Å². The summed E-state index contributed by atoms with van der Waals surface area (Å²) in [5.74, 6) is 0.0192. The van der Waals surface area contributed by atoms with Crippen LogP contribution in [0.15, 0.2) is 42.5 Å². The van der Waals surface area contributed by atoms with Gasteiger partial charge in [-0.15, -0.1) is 0 Å². The van der Waals surface area contributed by atoms with Gasteiger partial charge >= 0.3 is 0 Å². The Kier molecular flexibility index (Phi) is 4.77. The van der Waals surface area contributed by atoms with Crippen LogP contribution in [0.25, 0.3) is 0 Å². The highest BCUT2D eigenvalue weighted by Crippen LogP contribution is 2.29. The van der Waals surface area contributed by atoms with Crippen LogP contribution in [0.2, 0.25) is 0 Å². The van der Waals surface area contributed by atoms with Gasteiger partial charge in [0.2, 0.25) is 0 Å². The van der Waals surface area contributed by atoms with Gasteiger partial charge in [-0.3, -0.25) is 4.79 Å². The number of anilines is 3. The summed E-state index contributed by atoms with van der Waals surface area (Å²) in [6.07, 6.45) is 2.05. The van der Waals surface area contributed by atoms with Gasteiger partial charge in [0, 0.05) is 12.2 Å². The van der Waals surface area contributed by atoms with Crippen LogP contribution in [0, 0.1) is 0 Å². The molecule has 0 fully saturated rings. The molecule has 1 aromatic heterocycles. The first kappa shape index (κ1) is 14.8. The molecule has 21 heavy (non-hydrogen) atoms. The van der Waals surface area contributed by atoms with Crippen molar-refractivity contribution in [2.75, 3.05) is 17.2 Å². The number of pyridine rings is 1. The van der Waals surface area contributed by atoms with Gasteiger partial charge in [-0.25, -0.2) is 4.98 Å². The van der Waals surface area contributed by atoms with Gasteiger partial charge in [-0.05, 0) is 30.7 Å². The van der Waals surface area contributed by atoms with E-state index in [-0.39, 0.29) is 5.69 Å². The summed E-state index contributed by atoms with van der Waals surface area (Å²) in [4.78, 5) is 17.7. The summed E-state index contributed by atoms with van der Waals surface area (Å²) in [5.41, 5.74) is 13.1. The van der Waals surface area contributed by atoms with Crippen LogP contribution in [0.1, 0.15) is 30.3 Å². The number of nitrogen functional groups attached to an aromatic ring is 1. The first-order chi connectivity index (χ1) is 10.1. The normalized spacial score (nSPS) is 10.3. The van der Waals surface area contributed by atoms with Crippen molar-refractivity contribution in [2.45, 2.75) is 19.8 Å². The highest BCUT2D eigenvalue weighted by molar-refractivity contribution is 5.92. The number of rotatable bonds is 6. The topological polar surface area (TPSA) is 85.2 Å². The molecule has 110 valence electrons. The number of carbonyl (C=O) groups is 1. The van der Waals surface area contributed by atoms with Crippen molar-refractivity contribution in [3.63, 3.8) is 0 Å². The smallest absolute Gasteiger partial charge is 0.267 e. The number of hydrogen-bond acceptors (Lipinski definition) is 4. The molecule has 5 heteroatoms. The summed E-state index contributed by atoms with van der Waals surface area (Å²) in [7, 11) is 0. The van der Waals surface area contributed by atoms with Crippen molar-refractivity contribution in [2.24, 2.45) is 5.73 Å². The van der Waals surface area contributed by atoms with E-state index in [1.165, 1.54) is 0 Å². The average molecular weight is 284 g/mol. The van der Waals surface area contributed by atoms with Crippen molar-refractivity contribution in [3.8, 4) is 0 Å². The van der Waals surface area contributed by atoms with E-state index >= 15 is 0 Å². The Morgan fingerprint density at radius 2 is 1.90 bits per heavy atom. The maximum Gasteiger partial charge on any atom is 0.267 e. The molecule has 0 aliphatic carbocycles. The SMILES string of the molecule is CCCCN(c1ccccc1)c1nc(C(N)=O)ccc1N. The van der Waals surface area contributed by atoms with E-state index in [0.29, 0.717) is 11.5 Å². The third-order valence-electron chi connectivity index (χ3n) is 3.22. The lowest BCUT2D eigenvalue weighted by molar-refractivity contribution is 0.0995. The number of primary amides is 1. The third-order valence-corrected chi connectivity index (χ3v) is 3.22. The van der Waals surface area contributed by atoms with Crippen LogP contribution >= 0.6 is 0 Å². The molecule has 0 radical (unpaired) electrons. The number of carbonyl (C=O) groups excluding carboxylic acids is 1. The molecule has 0 aliphatic heterocycles. The molecule has 1 heterocycles. The summed E-state index contributed by atoms with van der Waals surface area (Å²) >= 11 is 0. The van der Waals surface area contributed by atoms with Crippen LogP contribution < -0.4 is 16.4 Å². The number of nitrogens with two attached hydrogens (primary N) is 2. The largest absolute Gasteiger partial charge is 0.396 e. The molecule has 1 amide bonds. The van der Waals surface area contributed by atoms with E-state index < -0.39 is 5.91 Å². The second-order valence-corrected chi connectivity index (χ2v) is 4.81. The highest BCUT2D eigenvalue weighted by Gasteiger charge is 2.15. The third kappa shape index (κ3) is 3.51. The number of unbranched alkanes of at least 4 members (excludes halogenated alkanes) is 1. The minimum Gasteiger partial charge on any atom is -0.396 e. The number of amides is 1. The Balaban J connectivity index is 2.45. The standard InChI is InChI=1S/C16H20N4O/c1-2-3-11-20(12-7-5-4-6-8-12)16-13(17)9-10-14(19-16)15(18)21/h4-10H,2-3,11,17H2,1H3,(H2,18,21). The highest BCUT2D eigenvalue weighted by atomic mass is 16.1. The van der Waals surface area contributed by atoms with E-state index in [1.807, 2.05) is 35.2 Å². The van der Waals surface area contributed by atoms with E-state index in [0.717, 1.165) is 25.1 Å². The van der Waals surface area contributed by atoms with Crippen LogP contribution in [0.5, 0.6) is 0 Å². The van der Waals surface area contributed by atoms with Crippen LogP contribution in [0.3, 0.4) is 0 Å². The molecule has 0 spiro atoms. The molecule has 2 aromatic rings. The van der Waals surface area contributed by atoms with E-state index in [9.17, 15) is 4.79 Å². The van der Waals surface area contributed by atoms with E-state index in [1.54, 1.807) is 12.1 Å². The molecule has 1 aromatic carbocycles. The fourth-order valence-electron chi connectivity index (χ4n) is 2.09. The Labute approximate surface area is 124 Å². The van der Waals surface area contributed by atoms with Crippen molar-refractivity contribution in [1.82, 2.24) is 4.98 Å². The summed E-state index contributed by atoms with van der Waals surface area (Å²) in [6.45, 7) is 2.90. The fraction of sp³-hybridized carbons (Fsp3) is 0.250. The molecule has 0 unspecified atom stereocenters. The molecular formula is C16H20N4O. The number of hydrogen-bond donors (Lipinski definition) is 2. The second-order valence-electron chi connectivity index (χ2n) is 4.81. The predicted octanol–water partition coefficient (Wildman–Crippen LogP) is 2.70. The minimum atomic E-state index is -0.556. The van der Waals surface area contributed by atoms with Gasteiger partial charge in [0.25, 0.3) is 5.91 Å². The Morgan fingerprint density at radius 1 is 1.19 bits per heavy atom. The van der Waals surface area contributed by atoms with Gasteiger partial charge < -0.3 is 16.4 Å². The van der Waals surface area contributed by atoms with E-state index in [2.05, 4.69) is 11.9 Å². The number of para-hydroxylation sites is 1. The van der Waals surface area contributed by atoms with Gasteiger partial charge in [0.1, 0.15) is 5.69 Å². The van der Waals surface area contributed by atoms with Crippen molar-refractivity contribution < 1.29 is 4.79 Å². The summed E-state index contributed by atoms with van der Waals surface area (Å²) < 4.78 is 0. The molecule has 2 rings (SSSR count). The maximum atomic E-state index is 11.3. The van der Waals surface area contributed by atoms with Gasteiger partial charge in [-0.2, -0.15) is 0 Å². The van der Waals surface area contributed by atoms with E-state index in [4.69, 9.17) is 11.5 Å². The van der Waals surface area contributed by atoms with Crippen LogP contribution in [0.4, 0.5) is 17.2 Å². The van der Waals surface area contributed by atoms with Crippen LogP contribution in [-0.2, 0) is 0 Å².